The maximum atomic E-state index is 6.14. The summed E-state index contributed by atoms with van der Waals surface area (Å²) < 4.78 is 0. The molecule has 0 saturated heterocycles. The first-order valence-corrected chi connectivity index (χ1v) is 6.46. The van der Waals surface area contributed by atoms with Crippen LogP contribution in [0.25, 0.3) is 0 Å². The minimum absolute atomic E-state index is 0.0710. The minimum atomic E-state index is 0.0710. The van der Waals surface area contributed by atoms with Crippen LogP contribution in [0, 0.1) is 5.92 Å². The van der Waals surface area contributed by atoms with Crippen molar-refractivity contribution < 1.29 is 0 Å². The Labute approximate surface area is 94.3 Å². The molecule has 0 radical (unpaired) electrons. The highest BCUT2D eigenvalue weighted by atomic mass is 14.9. The van der Waals surface area contributed by atoms with Gasteiger partial charge >= 0.3 is 0 Å². The zero-order valence-corrected chi connectivity index (χ0v) is 10.6. The van der Waals surface area contributed by atoms with Crippen LogP contribution in [0.4, 0.5) is 0 Å². The summed E-state index contributed by atoms with van der Waals surface area (Å²) in [6.45, 7) is 6.60. The van der Waals surface area contributed by atoms with Gasteiger partial charge in [-0.2, -0.15) is 0 Å². The van der Waals surface area contributed by atoms with Crippen LogP contribution in [0.1, 0.15) is 65.7 Å². The van der Waals surface area contributed by atoms with E-state index in [0.717, 1.165) is 18.7 Å². The molecule has 0 unspecified atom stereocenters. The lowest BCUT2D eigenvalue weighted by Crippen LogP contribution is -2.31. The predicted octanol–water partition coefficient (Wildman–Crippen LogP) is 3.50. The first-order valence-electron chi connectivity index (χ1n) is 6.46. The number of hydrogen-bond acceptors (Lipinski definition) is 1. The number of amidine groups is 1. The van der Waals surface area contributed by atoms with Gasteiger partial charge in [-0.3, -0.25) is 4.99 Å². The standard InChI is InChI=1S/C13H26N2/c1-4-13(3,5-2)15-12(14)11-9-7-6-8-10-11/h11H,4-10H2,1-3H3,(H2,14,15). The van der Waals surface area contributed by atoms with Crippen molar-refractivity contribution in [3.63, 3.8) is 0 Å². The Morgan fingerprint density at radius 1 is 1.20 bits per heavy atom. The fraction of sp³-hybridized carbons (Fsp3) is 0.923. The van der Waals surface area contributed by atoms with E-state index in [4.69, 9.17) is 10.7 Å². The second kappa shape index (κ2) is 5.53. The molecule has 0 aromatic heterocycles. The molecule has 1 aliphatic rings. The molecule has 2 N–H and O–H groups in total. The van der Waals surface area contributed by atoms with Crippen LogP contribution >= 0.6 is 0 Å². The summed E-state index contributed by atoms with van der Waals surface area (Å²) in [6.07, 6.45) is 8.69. The van der Waals surface area contributed by atoms with Gasteiger partial charge in [0.1, 0.15) is 0 Å². The second-order valence-electron chi connectivity index (χ2n) is 5.08. The van der Waals surface area contributed by atoms with E-state index in [0.29, 0.717) is 5.92 Å². The second-order valence-corrected chi connectivity index (χ2v) is 5.08. The molecular formula is C13H26N2. The lowest BCUT2D eigenvalue weighted by molar-refractivity contribution is 0.412. The summed E-state index contributed by atoms with van der Waals surface area (Å²) in [5.74, 6) is 1.48. The van der Waals surface area contributed by atoms with E-state index >= 15 is 0 Å². The first-order chi connectivity index (χ1) is 7.11. The summed E-state index contributed by atoms with van der Waals surface area (Å²) in [7, 11) is 0. The number of nitrogens with two attached hydrogens (primary N) is 1. The van der Waals surface area contributed by atoms with Crippen LogP contribution in [0.2, 0.25) is 0 Å². The van der Waals surface area contributed by atoms with Crippen LogP contribution in [0.15, 0.2) is 4.99 Å². The van der Waals surface area contributed by atoms with Crippen LogP contribution in [0.5, 0.6) is 0 Å². The third-order valence-electron chi connectivity index (χ3n) is 3.95. The zero-order valence-electron chi connectivity index (χ0n) is 10.6. The predicted molar refractivity (Wildman–Crippen MR) is 67.2 cm³/mol. The molecule has 0 bridgehead atoms. The molecule has 0 aromatic rings. The highest BCUT2D eigenvalue weighted by Gasteiger charge is 2.22. The van der Waals surface area contributed by atoms with Crippen molar-refractivity contribution in [2.24, 2.45) is 16.6 Å². The van der Waals surface area contributed by atoms with E-state index in [9.17, 15) is 0 Å². The van der Waals surface area contributed by atoms with E-state index < -0.39 is 0 Å². The van der Waals surface area contributed by atoms with Crippen molar-refractivity contribution in [1.29, 1.82) is 0 Å². The Morgan fingerprint density at radius 3 is 2.20 bits per heavy atom. The molecule has 0 aliphatic heterocycles. The highest BCUT2D eigenvalue weighted by molar-refractivity contribution is 5.83. The van der Waals surface area contributed by atoms with Gasteiger partial charge in [0, 0.05) is 5.92 Å². The monoisotopic (exact) mass is 210 g/mol. The third-order valence-corrected chi connectivity index (χ3v) is 3.95. The minimum Gasteiger partial charge on any atom is -0.387 e. The number of hydrogen-bond donors (Lipinski definition) is 1. The summed E-state index contributed by atoms with van der Waals surface area (Å²) in [4.78, 5) is 4.76. The Kier molecular flexibility index (Phi) is 4.62. The maximum absolute atomic E-state index is 6.14. The molecule has 1 rings (SSSR count). The molecule has 0 amide bonds. The van der Waals surface area contributed by atoms with Gasteiger partial charge in [-0.25, -0.2) is 0 Å². The molecular weight excluding hydrogens is 184 g/mol. The first kappa shape index (κ1) is 12.5. The zero-order chi connectivity index (χ0) is 11.3. The fourth-order valence-electron chi connectivity index (χ4n) is 2.21. The molecule has 1 saturated carbocycles. The summed E-state index contributed by atoms with van der Waals surface area (Å²) >= 11 is 0. The number of rotatable bonds is 4. The van der Waals surface area contributed by atoms with Crippen molar-refractivity contribution in [3.05, 3.63) is 0 Å². The van der Waals surface area contributed by atoms with Gasteiger partial charge < -0.3 is 5.73 Å². The molecule has 0 aromatic carbocycles. The van der Waals surface area contributed by atoms with Crippen LogP contribution in [-0.2, 0) is 0 Å². The number of nitrogens with zero attached hydrogens (tertiary/aromatic N) is 1. The lowest BCUT2D eigenvalue weighted by atomic mass is 9.87. The molecule has 2 nitrogen and oxygen atoms in total. The Morgan fingerprint density at radius 2 is 1.73 bits per heavy atom. The molecule has 1 aliphatic carbocycles. The Hall–Kier alpha value is -0.530. The van der Waals surface area contributed by atoms with Crippen molar-refractivity contribution in [1.82, 2.24) is 0 Å². The average Bonchev–Trinajstić information content (AvgIpc) is 2.30. The van der Waals surface area contributed by atoms with Gasteiger partial charge in [0.25, 0.3) is 0 Å². The van der Waals surface area contributed by atoms with E-state index in [1.807, 2.05) is 0 Å². The van der Waals surface area contributed by atoms with Crippen LogP contribution in [0.3, 0.4) is 0 Å². The summed E-state index contributed by atoms with van der Waals surface area (Å²) in [6, 6.07) is 0. The van der Waals surface area contributed by atoms with Crippen molar-refractivity contribution in [2.45, 2.75) is 71.3 Å². The summed E-state index contributed by atoms with van der Waals surface area (Å²) in [5, 5.41) is 0. The number of aliphatic imine (C=N–C) groups is 1. The Balaban J connectivity index is 2.63. The van der Waals surface area contributed by atoms with Gasteiger partial charge in [0.15, 0.2) is 0 Å². The van der Waals surface area contributed by atoms with E-state index in [1.165, 1.54) is 32.1 Å². The maximum Gasteiger partial charge on any atom is 0.0975 e. The Bertz CT molecular complexity index is 211. The van der Waals surface area contributed by atoms with E-state index in [-0.39, 0.29) is 5.54 Å². The molecule has 1 fully saturated rings. The normalized spacial score (nSPS) is 20.6. The van der Waals surface area contributed by atoms with Crippen LogP contribution < -0.4 is 5.73 Å². The van der Waals surface area contributed by atoms with Gasteiger partial charge in [-0.15, -0.1) is 0 Å². The quantitative estimate of drug-likeness (QED) is 0.559. The molecule has 0 heterocycles. The van der Waals surface area contributed by atoms with Gasteiger partial charge in [0.2, 0.25) is 0 Å². The lowest BCUT2D eigenvalue weighted by Gasteiger charge is -2.27. The smallest absolute Gasteiger partial charge is 0.0975 e. The summed E-state index contributed by atoms with van der Waals surface area (Å²) in [5.41, 5.74) is 6.21. The molecule has 2 heteroatoms. The third kappa shape index (κ3) is 3.51. The van der Waals surface area contributed by atoms with Crippen LogP contribution in [-0.4, -0.2) is 11.4 Å². The molecule has 0 spiro atoms. The molecule has 88 valence electrons. The SMILES string of the molecule is CCC(C)(CC)N=C(N)C1CCCCC1. The van der Waals surface area contributed by atoms with Gasteiger partial charge in [-0.1, -0.05) is 33.1 Å². The largest absolute Gasteiger partial charge is 0.387 e. The fourth-order valence-corrected chi connectivity index (χ4v) is 2.21. The van der Waals surface area contributed by atoms with Crippen molar-refractivity contribution in [3.8, 4) is 0 Å². The van der Waals surface area contributed by atoms with Gasteiger partial charge in [0.05, 0.1) is 11.4 Å². The van der Waals surface area contributed by atoms with E-state index in [1.54, 1.807) is 0 Å². The molecule has 15 heavy (non-hydrogen) atoms. The molecule has 0 atom stereocenters. The van der Waals surface area contributed by atoms with Crippen molar-refractivity contribution >= 4 is 5.84 Å². The average molecular weight is 210 g/mol. The van der Waals surface area contributed by atoms with Gasteiger partial charge in [-0.05, 0) is 32.6 Å². The topological polar surface area (TPSA) is 38.4 Å². The highest BCUT2D eigenvalue weighted by Crippen LogP contribution is 2.26. The van der Waals surface area contributed by atoms with Crippen molar-refractivity contribution in [2.75, 3.05) is 0 Å². The van der Waals surface area contributed by atoms with E-state index in [2.05, 4.69) is 20.8 Å².